The van der Waals surface area contributed by atoms with Crippen LogP contribution in [0.4, 0.5) is 4.79 Å². The monoisotopic (exact) mass is 482 g/mol. The molecule has 1 unspecified atom stereocenters. The standard InChI is InChI=1S/C24H22N2O7S/c1-3-11-32-34(30,31)18-8-7-15(2)19(13-18)16-5-4-6-17(12-16)21-14-26(24(29)33-21)20-9-10-22(27)25-23(20)28/h1,4-8,12-13,20-21H,9-11,14H2,2H3,(H,25,27,28)/t20?,21-/m1/s1. The third-order valence-corrected chi connectivity index (χ3v) is 7.05. The lowest BCUT2D eigenvalue weighted by molar-refractivity contribution is -0.136. The molecule has 2 aromatic rings. The molecule has 0 radical (unpaired) electrons. The van der Waals surface area contributed by atoms with E-state index in [1.54, 1.807) is 18.2 Å². The highest BCUT2D eigenvalue weighted by molar-refractivity contribution is 7.86. The summed E-state index contributed by atoms with van der Waals surface area (Å²) in [6, 6.07) is 11.1. The van der Waals surface area contributed by atoms with E-state index >= 15 is 0 Å². The van der Waals surface area contributed by atoms with Gasteiger partial charge in [0.25, 0.3) is 10.1 Å². The van der Waals surface area contributed by atoms with Crippen molar-refractivity contribution in [2.75, 3.05) is 13.2 Å². The van der Waals surface area contributed by atoms with Gasteiger partial charge in [0.2, 0.25) is 11.8 Å². The molecule has 2 atom stereocenters. The number of hydrogen-bond acceptors (Lipinski definition) is 7. The van der Waals surface area contributed by atoms with Gasteiger partial charge in [0.05, 0.1) is 11.4 Å². The number of amides is 3. The van der Waals surface area contributed by atoms with Crippen molar-refractivity contribution >= 4 is 28.0 Å². The van der Waals surface area contributed by atoms with E-state index in [-0.39, 0.29) is 36.8 Å². The zero-order valence-electron chi connectivity index (χ0n) is 18.3. The average Bonchev–Trinajstić information content (AvgIpc) is 3.19. The number of nitrogens with zero attached hydrogens (tertiary/aromatic N) is 1. The Labute approximate surface area is 197 Å². The summed E-state index contributed by atoms with van der Waals surface area (Å²) >= 11 is 0. The van der Waals surface area contributed by atoms with Gasteiger partial charge in [0.1, 0.15) is 18.8 Å². The first-order chi connectivity index (χ1) is 16.2. The molecule has 0 aliphatic carbocycles. The van der Waals surface area contributed by atoms with E-state index < -0.39 is 34.3 Å². The lowest BCUT2D eigenvalue weighted by Gasteiger charge is -2.27. The summed E-state index contributed by atoms with van der Waals surface area (Å²) in [5, 5.41) is 2.25. The SMILES string of the molecule is C#CCOS(=O)(=O)c1ccc(C)c(-c2cccc([C@H]3CN(C4CCC(=O)NC4=O)C(=O)O3)c2)c1. The smallest absolute Gasteiger partial charge is 0.411 e. The molecule has 3 amide bonds. The molecule has 34 heavy (non-hydrogen) atoms. The Morgan fingerprint density at radius 1 is 1.21 bits per heavy atom. The Balaban J connectivity index is 1.59. The summed E-state index contributed by atoms with van der Waals surface area (Å²) in [5.74, 6) is 1.27. The van der Waals surface area contributed by atoms with E-state index in [4.69, 9.17) is 15.3 Å². The molecule has 4 rings (SSSR count). The first-order valence-electron chi connectivity index (χ1n) is 10.5. The van der Waals surface area contributed by atoms with Gasteiger partial charge >= 0.3 is 6.09 Å². The predicted octanol–water partition coefficient (Wildman–Crippen LogP) is 2.30. The highest BCUT2D eigenvalue weighted by Crippen LogP contribution is 2.33. The zero-order chi connectivity index (χ0) is 24.5. The normalized spacial score (nSPS) is 20.6. The Bertz CT molecular complexity index is 1310. The van der Waals surface area contributed by atoms with Crippen molar-refractivity contribution in [1.29, 1.82) is 0 Å². The summed E-state index contributed by atoms with van der Waals surface area (Å²) in [7, 11) is -4.01. The quantitative estimate of drug-likeness (QED) is 0.381. The van der Waals surface area contributed by atoms with Crippen molar-refractivity contribution in [3.8, 4) is 23.5 Å². The summed E-state index contributed by atoms with van der Waals surface area (Å²) in [6.07, 6.45) is 4.26. The zero-order valence-corrected chi connectivity index (χ0v) is 19.1. The first kappa shape index (κ1) is 23.5. The Kier molecular flexibility index (Phi) is 6.41. The highest BCUT2D eigenvalue weighted by atomic mass is 32.2. The van der Waals surface area contributed by atoms with Gasteiger partial charge in [-0.15, -0.1) is 6.42 Å². The molecule has 0 spiro atoms. The number of terminal acetylenes is 1. The third-order valence-electron chi connectivity index (χ3n) is 5.79. The van der Waals surface area contributed by atoms with Crippen molar-refractivity contribution < 1.29 is 31.7 Å². The van der Waals surface area contributed by atoms with Crippen molar-refractivity contribution in [3.05, 3.63) is 53.6 Å². The number of carbonyl (C=O) groups is 3. The van der Waals surface area contributed by atoms with Crippen LogP contribution in [0.15, 0.2) is 47.4 Å². The number of piperidine rings is 1. The van der Waals surface area contributed by atoms with E-state index in [0.717, 1.165) is 11.1 Å². The molecule has 1 N–H and O–H groups in total. The maximum absolute atomic E-state index is 12.5. The first-order valence-corrected chi connectivity index (χ1v) is 12.0. The van der Waals surface area contributed by atoms with E-state index in [2.05, 4.69) is 11.2 Å². The number of imide groups is 1. The van der Waals surface area contributed by atoms with Crippen LogP contribution < -0.4 is 5.32 Å². The minimum absolute atomic E-state index is 0.0231. The second-order valence-electron chi connectivity index (χ2n) is 8.01. The van der Waals surface area contributed by atoms with Crippen LogP contribution in [0.5, 0.6) is 0 Å². The molecule has 0 bridgehead atoms. The Morgan fingerprint density at radius 2 is 2.00 bits per heavy atom. The lowest BCUT2D eigenvalue weighted by atomic mass is 9.97. The number of rotatable bonds is 6. The summed E-state index contributed by atoms with van der Waals surface area (Å²) in [5.41, 5.74) is 2.91. The number of cyclic esters (lactones) is 1. The minimum Gasteiger partial charge on any atom is -0.439 e. The molecule has 0 saturated carbocycles. The number of carbonyl (C=O) groups excluding carboxylic acids is 3. The molecule has 2 aromatic carbocycles. The number of hydrogen-bond donors (Lipinski definition) is 1. The summed E-state index contributed by atoms with van der Waals surface area (Å²) in [4.78, 5) is 37.4. The molecule has 10 heteroatoms. The van der Waals surface area contributed by atoms with Gasteiger partial charge in [-0.2, -0.15) is 8.42 Å². The largest absolute Gasteiger partial charge is 0.439 e. The summed E-state index contributed by atoms with van der Waals surface area (Å²) in [6.45, 7) is 1.64. The lowest BCUT2D eigenvalue weighted by Crippen LogP contribution is -2.52. The van der Waals surface area contributed by atoms with Crippen LogP contribution in [0, 0.1) is 19.3 Å². The van der Waals surface area contributed by atoms with E-state index in [0.29, 0.717) is 11.1 Å². The van der Waals surface area contributed by atoms with Crippen molar-refractivity contribution in [3.63, 3.8) is 0 Å². The number of aryl methyl sites for hydroxylation is 1. The van der Waals surface area contributed by atoms with Crippen LogP contribution in [-0.2, 0) is 28.6 Å². The van der Waals surface area contributed by atoms with Gasteiger partial charge in [-0.05, 0) is 53.8 Å². The fourth-order valence-electron chi connectivity index (χ4n) is 4.04. The molecule has 2 heterocycles. The van der Waals surface area contributed by atoms with Gasteiger partial charge in [0.15, 0.2) is 0 Å². The van der Waals surface area contributed by atoms with Crippen LogP contribution in [0.1, 0.15) is 30.1 Å². The van der Waals surface area contributed by atoms with Crippen LogP contribution in [0.2, 0.25) is 0 Å². The molecule has 2 aliphatic heterocycles. The average molecular weight is 483 g/mol. The van der Waals surface area contributed by atoms with E-state index in [9.17, 15) is 22.8 Å². The van der Waals surface area contributed by atoms with E-state index in [1.165, 1.54) is 17.0 Å². The molecular weight excluding hydrogens is 460 g/mol. The van der Waals surface area contributed by atoms with Crippen LogP contribution in [0.25, 0.3) is 11.1 Å². The molecule has 2 saturated heterocycles. The minimum atomic E-state index is -4.01. The Morgan fingerprint density at radius 3 is 2.74 bits per heavy atom. The number of benzene rings is 2. The van der Waals surface area contributed by atoms with E-state index in [1.807, 2.05) is 19.1 Å². The van der Waals surface area contributed by atoms with Crippen molar-refractivity contribution in [1.82, 2.24) is 10.2 Å². The van der Waals surface area contributed by atoms with Crippen molar-refractivity contribution in [2.45, 2.75) is 36.8 Å². The molecule has 2 fully saturated rings. The van der Waals surface area contributed by atoms with Crippen molar-refractivity contribution in [2.24, 2.45) is 0 Å². The van der Waals surface area contributed by atoms with Crippen LogP contribution in [0.3, 0.4) is 0 Å². The Hall–Kier alpha value is -3.68. The molecule has 9 nitrogen and oxygen atoms in total. The van der Waals surface area contributed by atoms with Gasteiger partial charge in [-0.25, -0.2) is 4.79 Å². The maximum atomic E-state index is 12.5. The van der Waals surface area contributed by atoms with Gasteiger partial charge in [0, 0.05) is 6.42 Å². The van der Waals surface area contributed by atoms with Gasteiger partial charge in [-0.3, -0.25) is 24.0 Å². The highest BCUT2D eigenvalue weighted by Gasteiger charge is 2.42. The molecule has 2 aliphatic rings. The molecule has 176 valence electrons. The van der Waals surface area contributed by atoms with Gasteiger partial charge in [-0.1, -0.05) is 30.2 Å². The topological polar surface area (TPSA) is 119 Å². The second-order valence-corrected chi connectivity index (χ2v) is 9.63. The predicted molar refractivity (Wildman–Crippen MR) is 121 cm³/mol. The van der Waals surface area contributed by atoms with Crippen LogP contribution >= 0.6 is 0 Å². The fraction of sp³-hybridized carbons (Fsp3) is 0.292. The second kappa shape index (κ2) is 9.29. The summed E-state index contributed by atoms with van der Waals surface area (Å²) < 4.78 is 35.1. The number of nitrogens with one attached hydrogen (secondary N) is 1. The number of ether oxygens (including phenoxy) is 1. The maximum Gasteiger partial charge on any atom is 0.411 e. The molecular formula is C24H22N2O7S. The van der Waals surface area contributed by atoms with Crippen LogP contribution in [-0.4, -0.2) is 50.4 Å². The molecule has 0 aromatic heterocycles. The van der Waals surface area contributed by atoms with Gasteiger partial charge < -0.3 is 4.74 Å². The fourth-order valence-corrected chi connectivity index (χ4v) is 4.90. The third kappa shape index (κ3) is 4.66.